The van der Waals surface area contributed by atoms with Gasteiger partial charge in [0, 0.05) is 21.9 Å². The Hall–Kier alpha value is -1.29. The number of hydrogen-bond acceptors (Lipinski definition) is 3. The highest BCUT2D eigenvalue weighted by atomic mass is 79.9. The molecule has 0 atom stereocenters. The van der Waals surface area contributed by atoms with Crippen molar-refractivity contribution in [3.8, 4) is 0 Å². The van der Waals surface area contributed by atoms with Gasteiger partial charge in [-0.3, -0.25) is 0 Å². The Morgan fingerprint density at radius 1 is 1.44 bits per heavy atom. The van der Waals surface area contributed by atoms with Crippen molar-refractivity contribution in [2.45, 2.75) is 13.8 Å². The molecule has 0 aliphatic carbocycles. The van der Waals surface area contributed by atoms with Crippen molar-refractivity contribution in [3.05, 3.63) is 40.5 Å². The maximum atomic E-state index is 11.2. The highest BCUT2D eigenvalue weighted by Crippen LogP contribution is 2.15. The van der Waals surface area contributed by atoms with Crippen molar-refractivity contribution in [2.24, 2.45) is 0 Å². The molecule has 0 saturated heterocycles. The Kier molecular flexibility index (Phi) is 5.05. The van der Waals surface area contributed by atoms with Crippen LogP contribution in [-0.4, -0.2) is 12.6 Å². The predicted molar refractivity (Wildman–Crippen MR) is 68.2 cm³/mol. The van der Waals surface area contributed by atoms with Gasteiger partial charge in [-0.15, -0.1) is 0 Å². The molecule has 0 saturated carbocycles. The summed E-state index contributed by atoms with van der Waals surface area (Å²) in [7, 11) is 0. The second kappa shape index (κ2) is 6.33. The summed E-state index contributed by atoms with van der Waals surface area (Å²) in [5.41, 5.74) is 1.68. The van der Waals surface area contributed by atoms with E-state index < -0.39 is 0 Å². The van der Waals surface area contributed by atoms with Crippen LogP contribution in [0.2, 0.25) is 0 Å². The molecule has 1 aromatic rings. The van der Waals surface area contributed by atoms with Crippen molar-refractivity contribution in [3.63, 3.8) is 0 Å². The SMILES string of the molecule is CCOC(=O)C=C(C)Nc1ccc(Br)cc1. The number of halogens is 1. The number of ether oxygens (including phenoxy) is 1. The van der Waals surface area contributed by atoms with E-state index >= 15 is 0 Å². The first-order chi connectivity index (χ1) is 7.61. The van der Waals surface area contributed by atoms with E-state index in [9.17, 15) is 4.79 Å². The van der Waals surface area contributed by atoms with E-state index in [1.54, 1.807) is 6.92 Å². The second-order valence-electron chi connectivity index (χ2n) is 3.21. The normalized spacial score (nSPS) is 11.1. The number of anilines is 1. The molecule has 0 amide bonds. The van der Waals surface area contributed by atoms with Crippen molar-refractivity contribution >= 4 is 27.6 Å². The van der Waals surface area contributed by atoms with Gasteiger partial charge < -0.3 is 10.1 Å². The molecule has 16 heavy (non-hydrogen) atoms. The number of esters is 1. The molecule has 1 rings (SSSR count). The quantitative estimate of drug-likeness (QED) is 0.681. The van der Waals surface area contributed by atoms with Crippen LogP contribution >= 0.6 is 15.9 Å². The lowest BCUT2D eigenvalue weighted by molar-refractivity contribution is -0.137. The van der Waals surface area contributed by atoms with Gasteiger partial charge in [0.15, 0.2) is 0 Å². The Labute approximate surface area is 104 Å². The van der Waals surface area contributed by atoms with E-state index in [0.717, 1.165) is 15.9 Å². The maximum Gasteiger partial charge on any atom is 0.332 e. The minimum absolute atomic E-state index is 0.329. The molecule has 4 heteroatoms. The van der Waals surface area contributed by atoms with E-state index in [1.165, 1.54) is 6.08 Å². The van der Waals surface area contributed by atoms with Crippen LogP contribution in [0, 0.1) is 0 Å². The van der Waals surface area contributed by atoms with Crippen LogP contribution in [0.4, 0.5) is 5.69 Å². The fourth-order valence-electron chi connectivity index (χ4n) is 1.16. The smallest absolute Gasteiger partial charge is 0.332 e. The van der Waals surface area contributed by atoms with Crippen molar-refractivity contribution in [1.82, 2.24) is 0 Å². The summed E-state index contributed by atoms with van der Waals surface area (Å²) in [6.07, 6.45) is 1.44. The molecular formula is C12H14BrNO2. The highest BCUT2D eigenvalue weighted by Gasteiger charge is 1.98. The van der Waals surface area contributed by atoms with Gasteiger partial charge in [0.1, 0.15) is 0 Å². The van der Waals surface area contributed by atoms with E-state index in [0.29, 0.717) is 6.61 Å². The minimum atomic E-state index is -0.329. The van der Waals surface area contributed by atoms with Gasteiger partial charge in [-0.2, -0.15) is 0 Å². The van der Waals surface area contributed by atoms with E-state index in [-0.39, 0.29) is 5.97 Å². The summed E-state index contributed by atoms with van der Waals surface area (Å²) in [5.74, 6) is -0.329. The fraction of sp³-hybridized carbons (Fsp3) is 0.250. The lowest BCUT2D eigenvalue weighted by Gasteiger charge is -2.06. The third kappa shape index (κ3) is 4.49. The third-order valence-corrected chi connectivity index (χ3v) is 2.34. The number of benzene rings is 1. The largest absolute Gasteiger partial charge is 0.463 e. The van der Waals surface area contributed by atoms with Gasteiger partial charge in [-0.1, -0.05) is 15.9 Å². The molecule has 0 aliphatic heterocycles. The van der Waals surface area contributed by atoms with Crippen LogP contribution in [0.25, 0.3) is 0 Å². The zero-order valence-electron chi connectivity index (χ0n) is 9.29. The van der Waals surface area contributed by atoms with Gasteiger partial charge in [0.2, 0.25) is 0 Å². The van der Waals surface area contributed by atoms with E-state index in [2.05, 4.69) is 21.2 Å². The summed E-state index contributed by atoms with van der Waals surface area (Å²) in [4.78, 5) is 11.2. The number of rotatable bonds is 4. The molecule has 1 aromatic carbocycles. The van der Waals surface area contributed by atoms with Gasteiger partial charge in [0.05, 0.1) is 6.61 Å². The monoisotopic (exact) mass is 283 g/mol. The fourth-order valence-corrected chi connectivity index (χ4v) is 1.42. The summed E-state index contributed by atoms with van der Waals surface area (Å²) in [6, 6.07) is 7.71. The molecule has 0 unspecified atom stereocenters. The summed E-state index contributed by atoms with van der Waals surface area (Å²) < 4.78 is 5.83. The molecule has 86 valence electrons. The summed E-state index contributed by atoms with van der Waals surface area (Å²) >= 11 is 3.36. The predicted octanol–water partition coefficient (Wildman–Crippen LogP) is 3.33. The van der Waals surface area contributed by atoms with Crippen molar-refractivity contribution < 1.29 is 9.53 Å². The Morgan fingerprint density at radius 3 is 2.62 bits per heavy atom. The molecule has 0 heterocycles. The van der Waals surface area contributed by atoms with Crippen LogP contribution < -0.4 is 5.32 Å². The van der Waals surface area contributed by atoms with Gasteiger partial charge in [-0.05, 0) is 38.1 Å². The Balaban J connectivity index is 2.60. The Morgan fingerprint density at radius 2 is 2.06 bits per heavy atom. The molecule has 0 fully saturated rings. The Bertz CT molecular complexity index is 385. The lowest BCUT2D eigenvalue weighted by Crippen LogP contribution is -2.04. The lowest BCUT2D eigenvalue weighted by atomic mass is 10.3. The first-order valence-electron chi connectivity index (χ1n) is 4.99. The van der Waals surface area contributed by atoms with Gasteiger partial charge in [0.25, 0.3) is 0 Å². The topological polar surface area (TPSA) is 38.3 Å². The molecule has 0 spiro atoms. The molecule has 0 aromatic heterocycles. The molecular weight excluding hydrogens is 270 g/mol. The van der Waals surface area contributed by atoms with Crippen LogP contribution in [0.3, 0.4) is 0 Å². The van der Waals surface area contributed by atoms with Gasteiger partial charge >= 0.3 is 5.97 Å². The molecule has 1 N–H and O–H groups in total. The zero-order chi connectivity index (χ0) is 12.0. The van der Waals surface area contributed by atoms with Crippen LogP contribution in [0.15, 0.2) is 40.5 Å². The van der Waals surface area contributed by atoms with E-state index in [4.69, 9.17) is 4.74 Å². The number of allylic oxidation sites excluding steroid dienone is 1. The minimum Gasteiger partial charge on any atom is -0.463 e. The summed E-state index contributed by atoms with van der Waals surface area (Å²) in [6.45, 7) is 3.99. The molecule has 0 aliphatic rings. The number of carbonyl (C=O) groups is 1. The highest BCUT2D eigenvalue weighted by molar-refractivity contribution is 9.10. The first kappa shape index (κ1) is 12.8. The molecule has 3 nitrogen and oxygen atoms in total. The summed E-state index contributed by atoms with van der Waals surface area (Å²) in [5, 5.41) is 3.10. The maximum absolute atomic E-state index is 11.2. The third-order valence-electron chi connectivity index (χ3n) is 1.81. The van der Waals surface area contributed by atoms with Gasteiger partial charge in [-0.25, -0.2) is 4.79 Å². The molecule has 0 radical (unpaired) electrons. The van der Waals surface area contributed by atoms with E-state index in [1.807, 2.05) is 31.2 Å². The first-order valence-corrected chi connectivity index (χ1v) is 5.78. The second-order valence-corrected chi connectivity index (χ2v) is 4.13. The average Bonchev–Trinajstić information content (AvgIpc) is 2.21. The van der Waals surface area contributed by atoms with Crippen LogP contribution in [0.1, 0.15) is 13.8 Å². The van der Waals surface area contributed by atoms with Crippen LogP contribution in [0.5, 0.6) is 0 Å². The number of nitrogens with one attached hydrogen (secondary N) is 1. The van der Waals surface area contributed by atoms with Crippen LogP contribution in [-0.2, 0) is 9.53 Å². The molecule has 0 bridgehead atoms. The standard InChI is InChI=1S/C12H14BrNO2/c1-3-16-12(15)8-9(2)14-11-6-4-10(13)5-7-11/h4-8,14H,3H2,1-2H3. The van der Waals surface area contributed by atoms with Crippen molar-refractivity contribution in [1.29, 1.82) is 0 Å². The average molecular weight is 284 g/mol. The number of carbonyl (C=O) groups excluding carboxylic acids is 1. The number of hydrogen-bond donors (Lipinski definition) is 1. The zero-order valence-corrected chi connectivity index (χ0v) is 10.9. The van der Waals surface area contributed by atoms with Crippen molar-refractivity contribution in [2.75, 3.05) is 11.9 Å².